The van der Waals surface area contributed by atoms with Crippen LogP contribution in [0.1, 0.15) is 19.4 Å². The molecule has 2 aromatic carbocycles. The van der Waals surface area contributed by atoms with Gasteiger partial charge < -0.3 is 9.84 Å². The Hall–Kier alpha value is -2.24. The van der Waals surface area contributed by atoms with Crippen molar-refractivity contribution < 1.29 is 14.6 Å². The molecule has 2 aromatic rings. The van der Waals surface area contributed by atoms with Crippen LogP contribution >= 0.6 is 23.2 Å². The van der Waals surface area contributed by atoms with Crippen LogP contribution in [0.15, 0.2) is 47.6 Å². The van der Waals surface area contributed by atoms with Gasteiger partial charge in [0.25, 0.3) is 5.91 Å². The lowest BCUT2D eigenvalue weighted by Crippen LogP contribution is -2.34. The van der Waals surface area contributed by atoms with E-state index in [0.29, 0.717) is 27.1 Å². The number of aromatic hydroxyl groups is 1. The molecule has 0 aliphatic heterocycles. The minimum Gasteiger partial charge on any atom is -0.508 e. The van der Waals surface area contributed by atoms with Gasteiger partial charge in [0.05, 0.1) is 10.7 Å². The zero-order valence-electron chi connectivity index (χ0n) is 13.1. The molecule has 126 valence electrons. The summed E-state index contributed by atoms with van der Waals surface area (Å²) in [5.41, 5.74) is 3.68. The van der Waals surface area contributed by atoms with Crippen molar-refractivity contribution in [2.45, 2.75) is 20.0 Å². The molecule has 5 nitrogen and oxygen atoms in total. The molecule has 24 heavy (non-hydrogen) atoms. The number of hydrogen-bond donors (Lipinski definition) is 2. The van der Waals surface area contributed by atoms with E-state index < -0.39 is 12.0 Å². The number of nitrogens with zero attached hydrogens (tertiary/aromatic N) is 1. The van der Waals surface area contributed by atoms with Crippen LogP contribution in [0.25, 0.3) is 0 Å². The molecule has 0 radical (unpaired) electrons. The third kappa shape index (κ3) is 4.88. The first-order valence-electron chi connectivity index (χ1n) is 7.12. The fourth-order valence-electron chi connectivity index (χ4n) is 1.84. The molecule has 0 heterocycles. The first-order valence-corrected chi connectivity index (χ1v) is 7.87. The number of ether oxygens (including phenoxy) is 1. The summed E-state index contributed by atoms with van der Waals surface area (Å²) in [6, 6.07) is 11.3. The van der Waals surface area contributed by atoms with Crippen molar-refractivity contribution in [2.75, 3.05) is 0 Å². The van der Waals surface area contributed by atoms with E-state index in [1.54, 1.807) is 50.2 Å². The molecule has 0 bridgehead atoms. The largest absolute Gasteiger partial charge is 0.508 e. The van der Waals surface area contributed by atoms with Crippen LogP contribution in [0.3, 0.4) is 0 Å². The Morgan fingerprint density at radius 3 is 2.67 bits per heavy atom. The topological polar surface area (TPSA) is 70.9 Å². The average Bonchev–Trinajstić information content (AvgIpc) is 2.54. The SMILES string of the molecule is CC(=NNC(=O)C(C)Oc1ccc(Cl)cc1Cl)c1cccc(O)c1. The van der Waals surface area contributed by atoms with Crippen molar-refractivity contribution in [3.05, 3.63) is 58.1 Å². The number of hydrazone groups is 1. The normalized spacial score (nSPS) is 12.6. The summed E-state index contributed by atoms with van der Waals surface area (Å²) in [5.74, 6) is 0.0559. The Balaban J connectivity index is 1.99. The number of halogens is 2. The molecule has 0 saturated carbocycles. The number of phenolic OH excluding ortho intramolecular Hbond substituents is 1. The van der Waals surface area contributed by atoms with Crippen LogP contribution < -0.4 is 10.2 Å². The first-order chi connectivity index (χ1) is 11.4. The van der Waals surface area contributed by atoms with Gasteiger partial charge in [-0.2, -0.15) is 5.10 Å². The molecule has 0 saturated heterocycles. The fraction of sp³-hybridized carbons (Fsp3) is 0.176. The highest BCUT2D eigenvalue weighted by molar-refractivity contribution is 6.35. The fourth-order valence-corrected chi connectivity index (χ4v) is 2.29. The van der Waals surface area contributed by atoms with Crippen molar-refractivity contribution in [3.8, 4) is 11.5 Å². The summed E-state index contributed by atoms with van der Waals surface area (Å²) in [5, 5.41) is 14.3. The molecule has 2 N–H and O–H groups in total. The van der Waals surface area contributed by atoms with Gasteiger partial charge in [-0.3, -0.25) is 4.79 Å². The quantitative estimate of drug-likeness (QED) is 0.620. The number of amides is 1. The van der Waals surface area contributed by atoms with Crippen LogP contribution in [0, 0.1) is 0 Å². The van der Waals surface area contributed by atoms with Gasteiger partial charge in [-0.25, -0.2) is 5.43 Å². The molecular weight excluding hydrogens is 351 g/mol. The van der Waals surface area contributed by atoms with Crippen molar-refractivity contribution in [3.63, 3.8) is 0 Å². The summed E-state index contributed by atoms with van der Waals surface area (Å²) in [6.07, 6.45) is -0.801. The van der Waals surface area contributed by atoms with Gasteiger partial charge >= 0.3 is 0 Å². The van der Waals surface area contributed by atoms with E-state index in [4.69, 9.17) is 27.9 Å². The molecule has 0 aliphatic rings. The van der Waals surface area contributed by atoms with Crippen molar-refractivity contribution >= 4 is 34.8 Å². The van der Waals surface area contributed by atoms with Crippen molar-refractivity contribution in [2.24, 2.45) is 5.10 Å². The first kappa shape index (κ1) is 18.1. The monoisotopic (exact) mass is 366 g/mol. The molecule has 1 amide bonds. The lowest BCUT2D eigenvalue weighted by Gasteiger charge is -2.14. The molecular formula is C17H16Cl2N2O3. The Kier molecular flexibility index (Phi) is 6.06. The number of carbonyl (C=O) groups excluding carboxylic acids is 1. The van der Waals surface area contributed by atoms with E-state index >= 15 is 0 Å². The van der Waals surface area contributed by atoms with E-state index in [-0.39, 0.29) is 5.75 Å². The molecule has 0 aliphatic carbocycles. The number of benzene rings is 2. The van der Waals surface area contributed by atoms with Gasteiger partial charge in [-0.15, -0.1) is 0 Å². The maximum absolute atomic E-state index is 12.1. The number of carbonyl (C=O) groups is 1. The summed E-state index contributed by atoms with van der Waals surface area (Å²) in [7, 11) is 0. The minimum absolute atomic E-state index is 0.127. The van der Waals surface area contributed by atoms with Crippen LogP contribution in [0.5, 0.6) is 11.5 Å². The summed E-state index contributed by atoms with van der Waals surface area (Å²) < 4.78 is 5.51. The predicted molar refractivity (Wildman–Crippen MR) is 95.0 cm³/mol. The van der Waals surface area contributed by atoms with E-state index in [9.17, 15) is 9.90 Å². The van der Waals surface area contributed by atoms with E-state index in [0.717, 1.165) is 0 Å². The van der Waals surface area contributed by atoms with Crippen LogP contribution in [0.2, 0.25) is 10.0 Å². The Labute approximate surface area is 149 Å². The zero-order chi connectivity index (χ0) is 17.7. The van der Waals surface area contributed by atoms with E-state index in [1.807, 2.05) is 0 Å². The lowest BCUT2D eigenvalue weighted by atomic mass is 10.1. The maximum atomic E-state index is 12.1. The van der Waals surface area contributed by atoms with Crippen LogP contribution in [-0.2, 0) is 4.79 Å². The highest BCUT2D eigenvalue weighted by Crippen LogP contribution is 2.28. The lowest BCUT2D eigenvalue weighted by molar-refractivity contribution is -0.127. The summed E-state index contributed by atoms with van der Waals surface area (Å²) in [6.45, 7) is 3.30. The number of nitrogens with one attached hydrogen (secondary N) is 1. The zero-order valence-corrected chi connectivity index (χ0v) is 14.6. The smallest absolute Gasteiger partial charge is 0.280 e. The summed E-state index contributed by atoms with van der Waals surface area (Å²) >= 11 is 11.8. The molecule has 1 atom stereocenters. The average molecular weight is 367 g/mol. The number of hydrogen-bond acceptors (Lipinski definition) is 4. The molecule has 0 aromatic heterocycles. The van der Waals surface area contributed by atoms with Crippen molar-refractivity contribution in [1.82, 2.24) is 5.43 Å². The van der Waals surface area contributed by atoms with Gasteiger partial charge in [0.1, 0.15) is 11.5 Å². The second kappa shape index (κ2) is 8.04. The van der Waals surface area contributed by atoms with Gasteiger partial charge in [0, 0.05) is 10.6 Å². The van der Waals surface area contributed by atoms with Crippen LogP contribution in [-0.4, -0.2) is 22.8 Å². The third-order valence-corrected chi connectivity index (χ3v) is 3.70. The highest BCUT2D eigenvalue weighted by Gasteiger charge is 2.16. The Bertz CT molecular complexity index is 778. The second-order valence-corrected chi connectivity index (χ2v) is 5.90. The molecule has 0 fully saturated rings. The Morgan fingerprint density at radius 2 is 2.00 bits per heavy atom. The maximum Gasteiger partial charge on any atom is 0.280 e. The van der Waals surface area contributed by atoms with Gasteiger partial charge in [-0.1, -0.05) is 35.3 Å². The van der Waals surface area contributed by atoms with Gasteiger partial charge in [-0.05, 0) is 44.2 Å². The third-order valence-electron chi connectivity index (χ3n) is 3.16. The van der Waals surface area contributed by atoms with Gasteiger partial charge in [0.15, 0.2) is 6.10 Å². The van der Waals surface area contributed by atoms with Crippen LogP contribution in [0.4, 0.5) is 0 Å². The molecule has 7 heteroatoms. The molecule has 1 unspecified atom stereocenters. The predicted octanol–water partition coefficient (Wildman–Crippen LogP) is 4.01. The van der Waals surface area contributed by atoms with Gasteiger partial charge in [0.2, 0.25) is 0 Å². The standard InChI is InChI=1S/C17H16Cl2N2O3/c1-10(12-4-3-5-14(22)8-12)20-21-17(23)11(2)24-16-7-6-13(18)9-15(16)19/h3-9,11,22H,1-2H3,(H,21,23). The number of phenols is 1. The molecule has 2 rings (SSSR count). The summed E-state index contributed by atoms with van der Waals surface area (Å²) in [4.78, 5) is 12.1. The number of rotatable bonds is 5. The molecule has 0 spiro atoms. The van der Waals surface area contributed by atoms with E-state index in [1.165, 1.54) is 6.07 Å². The Morgan fingerprint density at radius 1 is 1.25 bits per heavy atom. The highest BCUT2D eigenvalue weighted by atomic mass is 35.5. The van der Waals surface area contributed by atoms with Crippen molar-refractivity contribution in [1.29, 1.82) is 0 Å². The second-order valence-electron chi connectivity index (χ2n) is 5.06. The minimum atomic E-state index is -0.801. The van der Waals surface area contributed by atoms with E-state index in [2.05, 4.69) is 10.5 Å².